The fourth-order valence-corrected chi connectivity index (χ4v) is 2.67. The van der Waals surface area contributed by atoms with Crippen LogP contribution in [0.4, 0.5) is 11.4 Å². The molecule has 1 heterocycles. The average molecular weight is 351 g/mol. The van der Waals surface area contributed by atoms with Gasteiger partial charge in [-0.05, 0) is 37.6 Å². The smallest absolute Gasteiger partial charge is 0.273 e. The number of carbonyl (C=O) groups excluding carboxylic acids is 2. The molecule has 134 valence electrons. The first-order chi connectivity index (χ1) is 12.6. The highest BCUT2D eigenvalue weighted by atomic mass is 16.5. The number of nitrogens with zero attached hydrogens (tertiary/aromatic N) is 2. The average Bonchev–Trinajstić information content (AvgIpc) is 2.67. The first-order valence-electron chi connectivity index (χ1n) is 8.56. The molecule has 1 N–H and O–H groups in total. The first kappa shape index (κ1) is 17.7. The van der Waals surface area contributed by atoms with Crippen LogP contribution in [0.5, 0.6) is 0 Å². The van der Waals surface area contributed by atoms with Gasteiger partial charge in [0.1, 0.15) is 0 Å². The number of hydrogen-bond donors (Lipinski definition) is 1. The molecule has 1 unspecified atom stereocenters. The van der Waals surface area contributed by atoms with Crippen LogP contribution in [0.2, 0.25) is 0 Å². The topological polar surface area (TPSA) is 71.0 Å². The molecule has 3 rings (SSSR count). The van der Waals surface area contributed by atoms with Crippen LogP contribution < -0.4 is 10.3 Å². The molecule has 6 nitrogen and oxygen atoms in total. The lowest BCUT2D eigenvalue weighted by atomic mass is 10.2. The molecule has 1 amide bonds. The molecule has 1 atom stereocenters. The standard InChI is InChI=1S/C20H21N3O3/c1-15(24)19(20(25)21-16-9-4-2-5-10-16)26-18-13-8-14-23(22-18)17-11-6-3-7-12-17/h2-7,9-12,19H,8,13-14H2,1H3,(H,21,25). The molecule has 0 fully saturated rings. The van der Waals surface area contributed by atoms with Crippen molar-refractivity contribution in [3.63, 3.8) is 0 Å². The van der Waals surface area contributed by atoms with Gasteiger partial charge in [0.2, 0.25) is 12.0 Å². The number of nitrogens with one attached hydrogen (secondary N) is 1. The highest BCUT2D eigenvalue weighted by Crippen LogP contribution is 2.19. The molecule has 0 spiro atoms. The SMILES string of the molecule is CC(=O)C(OC1=NN(c2ccccc2)CCC1)C(=O)Nc1ccccc1. The van der Waals surface area contributed by atoms with Crippen LogP contribution in [0.1, 0.15) is 19.8 Å². The highest BCUT2D eigenvalue weighted by molar-refractivity contribution is 6.10. The third-order valence-electron chi connectivity index (χ3n) is 3.95. The van der Waals surface area contributed by atoms with Crippen LogP contribution in [0.15, 0.2) is 65.8 Å². The summed E-state index contributed by atoms with van der Waals surface area (Å²) in [6.45, 7) is 2.10. The summed E-state index contributed by atoms with van der Waals surface area (Å²) in [6.07, 6.45) is 0.203. The Morgan fingerprint density at radius 3 is 2.38 bits per heavy atom. The summed E-state index contributed by atoms with van der Waals surface area (Å²) in [5.41, 5.74) is 1.56. The van der Waals surface area contributed by atoms with Crippen LogP contribution in [0, 0.1) is 0 Å². The molecule has 1 aliphatic heterocycles. The predicted molar refractivity (Wildman–Crippen MR) is 101 cm³/mol. The van der Waals surface area contributed by atoms with Crippen LogP contribution in [-0.2, 0) is 14.3 Å². The molecule has 0 bridgehead atoms. The van der Waals surface area contributed by atoms with Crippen molar-refractivity contribution in [2.24, 2.45) is 5.10 Å². The lowest BCUT2D eigenvalue weighted by molar-refractivity contribution is -0.134. The number of rotatable bonds is 5. The second-order valence-corrected chi connectivity index (χ2v) is 6.02. The van der Waals surface area contributed by atoms with E-state index in [1.807, 2.05) is 53.5 Å². The van der Waals surface area contributed by atoms with Crippen molar-refractivity contribution in [3.8, 4) is 0 Å². The van der Waals surface area contributed by atoms with Crippen LogP contribution in [0.3, 0.4) is 0 Å². The number of anilines is 2. The van der Waals surface area contributed by atoms with Gasteiger partial charge >= 0.3 is 0 Å². The van der Waals surface area contributed by atoms with E-state index in [1.54, 1.807) is 12.1 Å². The van der Waals surface area contributed by atoms with Gasteiger partial charge in [-0.3, -0.25) is 14.6 Å². The maximum Gasteiger partial charge on any atom is 0.273 e. The van der Waals surface area contributed by atoms with Gasteiger partial charge in [0.15, 0.2) is 5.78 Å². The Hall–Kier alpha value is -3.15. The van der Waals surface area contributed by atoms with E-state index >= 15 is 0 Å². The highest BCUT2D eigenvalue weighted by Gasteiger charge is 2.28. The fourth-order valence-electron chi connectivity index (χ4n) is 2.67. The van der Waals surface area contributed by atoms with E-state index in [-0.39, 0.29) is 5.78 Å². The van der Waals surface area contributed by atoms with Crippen molar-refractivity contribution in [3.05, 3.63) is 60.7 Å². The number of hydrogen-bond acceptors (Lipinski definition) is 5. The lowest BCUT2D eigenvalue weighted by Crippen LogP contribution is -2.39. The second-order valence-electron chi connectivity index (χ2n) is 6.02. The van der Waals surface area contributed by atoms with Crippen molar-refractivity contribution >= 4 is 29.0 Å². The Morgan fingerprint density at radius 2 is 1.73 bits per heavy atom. The maximum atomic E-state index is 12.5. The van der Waals surface area contributed by atoms with Crippen molar-refractivity contribution in [1.29, 1.82) is 0 Å². The summed E-state index contributed by atoms with van der Waals surface area (Å²) in [7, 11) is 0. The predicted octanol–water partition coefficient (Wildman–Crippen LogP) is 3.21. The van der Waals surface area contributed by atoms with E-state index in [4.69, 9.17) is 4.74 Å². The molecular formula is C20H21N3O3. The summed E-state index contributed by atoms with van der Waals surface area (Å²) in [5.74, 6) is -0.468. The van der Waals surface area contributed by atoms with Gasteiger partial charge in [-0.25, -0.2) is 0 Å². The zero-order valence-corrected chi connectivity index (χ0v) is 14.6. The van der Waals surface area contributed by atoms with E-state index < -0.39 is 12.0 Å². The van der Waals surface area contributed by atoms with E-state index in [2.05, 4.69) is 10.4 Å². The number of benzene rings is 2. The van der Waals surface area contributed by atoms with Gasteiger partial charge in [-0.15, -0.1) is 5.10 Å². The zero-order chi connectivity index (χ0) is 18.4. The Morgan fingerprint density at radius 1 is 1.08 bits per heavy atom. The summed E-state index contributed by atoms with van der Waals surface area (Å²) >= 11 is 0. The number of ether oxygens (including phenoxy) is 1. The molecule has 6 heteroatoms. The van der Waals surface area contributed by atoms with E-state index in [1.165, 1.54) is 6.92 Å². The van der Waals surface area contributed by atoms with E-state index in [9.17, 15) is 9.59 Å². The van der Waals surface area contributed by atoms with Crippen molar-refractivity contribution in [2.45, 2.75) is 25.9 Å². The first-order valence-corrected chi connectivity index (χ1v) is 8.56. The lowest BCUT2D eigenvalue weighted by Gasteiger charge is -2.26. The van der Waals surface area contributed by atoms with Crippen LogP contribution in [0.25, 0.3) is 0 Å². The van der Waals surface area contributed by atoms with Gasteiger partial charge < -0.3 is 10.1 Å². The second kappa shape index (κ2) is 8.29. The van der Waals surface area contributed by atoms with E-state index in [0.717, 1.165) is 18.7 Å². The number of ketones is 1. The number of amides is 1. The molecule has 26 heavy (non-hydrogen) atoms. The van der Waals surface area contributed by atoms with Gasteiger partial charge in [0.05, 0.1) is 5.69 Å². The minimum Gasteiger partial charge on any atom is -0.458 e. The molecule has 2 aromatic carbocycles. The maximum absolute atomic E-state index is 12.5. The van der Waals surface area contributed by atoms with Crippen LogP contribution in [-0.4, -0.2) is 30.2 Å². The normalized spacial score (nSPS) is 15.0. The van der Waals surface area contributed by atoms with Gasteiger partial charge in [-0.1, -0.05) is 36.4 Å². The van der Waals surface area contributed by atoms with E-state index in [0.29, 0.717) is 18.0 Å². The van der Waals surface area contributed by atoms with Gasteiger partial charge in [0.25, 0.3) is 5.91 Å². The summed E-state index contributed by atoms with van der Waals surface area (Å²) in [6, 6.07) is 18.7. The third kappa shape index (κ3) is 4.47. The quantitative estimate of drug-likeness (QED) is 0.840. The van der Waals surface area contributed by atoms with Crippen LogP contribution >= 0.6 is 0 Å². The summed E-state index contributed by atoms with van der Waals surface area (Å²) in [5, 5.41) is 8.99. The molecule has 1 aliphatic rings. The fraction of sp³-hybridized carbons (Fsp3) is 0.250. The Labute approximate surface area is 152 Å². The van der Waals surface area contributed by atoms with Crippen molar-refractivity contribution < 1.29 is 14.3 Å². The van der Waals surface area contributed by atoms with Crippen molar-refractivity contribution in [2.75, 3.05) is 16.9 Å². The molecule has 2 aromatic rings. The number of Topliss-reactive ketones (excluding diaryl/α,β-unsaturated/α-hetero) is 1. The molecule has 0 saturated heterocycles. The molecule has 0 saturated carbocycles. The molecule has 0 aliphatic carbocycles. The minimum atomic E-state index is -1.22. The van der Waals surface area contributed by atoms with Gasteiger partial charge in [-0.2, -0.15) is 0 Å². The largest absolute Gasteiger partial charge is 0.458 e. The number of hydrazone groups is 1. The molecular weight excluding hydrogens is 330 g/mol. The molecule has 0 radical (unpaired) electrons. The Kier molecular flexibility index (Phi) is 5.63. The third-order valence-corrected chi connectivity index (χ3v) is 3.95. The minimum absolute atomic E-state index is 0.363. The Balaban J connectivity index is 1.72. The summed E-state index contributed by atoms with van der Waals surface area (Å²) < 4.78 is 5.69. The summed E-state index contributed by atoms with van der Waals surface area (Å²) in [4.78, 5) is 24.4. The Bertz CT molecular complexity index is 790. The zero-order valence-electron chi connectivity index (χ0n) is 14.6. The number of carbonyl (C=O) groups is 2. The molecule has 0 aromatic heterocycles. The van der Waals surface area contributed by atoms with Gasteiger partial charge in [0, 0.05) is 18.7 Å². The van der Waals surface area contributed by atoms with Crippen molar-refractivity contribution in [1.82, 2.24) is 0 Å². The monoisotopic (exact) mass is 351 g/mol. The number of para-hydroxylation sites is 2.